The highest BCUT2D eigenvalue weighted by Crippen LogP contribution is 2.25. The number of piperazine rings is 1. The van der Waals surface area contributed by atoms with Gasteiger partial charge >= 0.3 is 0 Å². The molecule has 120 valence electrons. The Morgan fingerprint density at radius 1 is 1.14 bits per heavy atom. The molecule has 1 saturated carbocycles. The Kier molecular flexibility index (Phi) is 6.49. The number of likely N-dealkylation sites (N-methyl/N-ethyl adjacent to an activating group) is 1. The summed E-state index contributed by atoms with van der Waals surface area (Å²) in [5.41, 5.74) is 0. The van der Waals surface area contributed by atoms with Crippen molar-refractivity contribution < 1.29 is 9.59 Å². The highest BCUT2D eigenvalue weighted by molar-refractivity contribution is 5.89. The first-order chi connectivity index (χ1) is 10.2. The summed E-state index contributed by atoms with van der Waals surface area (Å²) in [5, 5.41) is 6.08. The minimum Gasteiger partial charge on any atom is -0.355 e. The van der Waals surface area contributed by atoms with E-state index in [1.54, 1.807) is 0 Å². The molecule has 2 fully saturated rings. The van der Waals surface area contributed by atoms with E-state index >= 15 is 0 Å². The maximum Gasteiger partial charge on any atom is 0.244 e. The zero-order chi connectivity index (χ0) is 15.1. The van der Waals surface area contributed by atoms with Gasteiger partial charge in [-0.3, -0.25) is 9.59 Å². The van der Waals surface area contributed by atoms with E-state index in [-0.39, 0.29) is 23.8 Å². The van der Waals surface area contributed by atoms with Crippen molar-refractivity contribution in [1.82, 2.24) is 15.5 Å². The number of carbonyl (C=O) groups excluding carboxylic acids is 2. The molecule has 1 aliphatic heterocycles. The van der Waals surface area contributed by atoms with Crippen molar-refractivity contribution >= 4 is 11.8 Å². The first-order valence-corrected chi connectivity index (χ1v) is 8.53. The quantitative estimate of drug-likeness (QED) is 0.824. The molecule has 0 aromatic heterocycles. The second kappa shape index (κ2) is 8.37. The molecule has 1 unspecified atom stereocenters. The molecule has 1 atom stereocenters. The average molecular weight is 295 g/mol. The Labute approximate surface area is 127 Å². The molecular weight excluding hydrogens is 266 g/mol. The molecule has 1 heterocycles. The van der Waals surface area contributed by atoms with Crippen LogP contribution in [0.2, 0.25) is 0 Å². The van der Waals surface area contributed by atoms with Crippen LogP contribution in [0.4, 0.5) is 0 Å². The monoisotopic (exact) mass is 295 g/mol. The minimum atomic E-state index is -0.336. The fraction of sp³-hybridized carbons (Fsp3) is 0.875. The zero-order valence-electron chi connectivity index (χ0n) is 13.2. The van der Waals surface area contributed by atoms with E-state index < -0.39 is 0 Å². The van der Waals surface area contributed by atoms with Gasteiger partial charge in [-0.15, -0.1) is 0 Å². The van der Waals surface area contributed by atoms with Crippen LogP contribution in [0, 0.1) is 5.92 Å². The Morgan fingerprint density at radius 2 is 1.81 bits per heavy atom. The van der Waals surface area contributed by atoms with Gasteiger partial charge in [0.05, 0.1) is 0 Å². The number of amides is 2. The first kappa shape index (κ1) is 16.3. The highest BCUT2D eigenvalue weighted by Gasteiger charge is 2.34. The molecule has 0 spiro atoms. The van der Waals surface area contributed by atoms with Gasteiger partial charge in [0, 0.05) is 32.1 Å². The molecule has 2 amide bonds. The van der Waals surface area contributed by atoms with Crippen molar-refractivity contribution in [3.8, 4) is 0 Å². The van der Waals surface area contributed by atoms with Crippen LogP contribution < -0.4 is 10.6 Å². The highest BCUT2D eigenvalue weighted by atomic mass is 16.2. The largest absolute Gasteiger partial charge is 0.355 e. The number of hydrogen-bond acceptors (Lipinski definition) is 3. The molecule has 2 rings (SSSR count). The Morgan fingerprint density at radius 3 is 2.48 bits per heavy atom. The molecule has 1 saturated heterocycles. The molecule has 21 heavy (non-hydrogen) atoms. The van der Waals surface area contributed by atoms with E-state index in [4.69, 9.17) is 0 Å². The number of carbonyl (C=O) groups is 2. The van der Waals surface area contributed by atoms with Gasteiger partial charge in [0.1, 0.15) is 6.04 Å². The Hall–Kier alpha value is -1.10. The summed E-state index contributed by atoms with van der Waals surface area (Å²) in [6.45, 7) is 4.53. The van der Waals surface area contributed by atoms with E-state index in [1.165, 1.54) is 19.3 Å². The number of nitrogens with one attached hydrogen (secondary N) is 2. The van der Waals surface area contributed by atoms with Crippen molar-refractivity contribution in [2.24, 2.45) is 5.92 Å². The van der Waals surface area contributed by atoms with Crippen molar-refractivity contribution in [1.29, 1.82) is 0 Å². The predicted molar refractivity (Wildman–Crippen MR) is 82.9 cm³/mol. The maximum atomic E-state index is 12.9. The average Bonchev–Trinajstić information content (AvgIpc) is 2.46. The second-order valence-electron chi connectivity index (χ2n) is 6.19. The van der Waals surface area contributed by atoms with Gasteiger partial charge in [0.15, 0.2) is 0 Å². The third-order valence-corrected chi connectivity index (χ3v) is 4.63. The van der Waals surface area contributed by atoms with Crippen LogP contribution in [0.1, 0.15) is 51.9 Å². The van der Waals surface area contributed by atoms with Crippen LogP contribution in [-0.2, 0) is 9.59 Å². The molecule has 0 aromatic carbocycles. The molecule has 1 aliphatic carbocycles. The lowest BCUT2D eigenvalue weighted by Crippen LogP contribution is -2.60. The van der Waals surface area contributed by atoms with Gasteiger partial charge < -0.3 is 15.5 Å². The van der Waals surface area contributed by atoms with Crippen molar-refractivity contribution in [2.45, 2.75) is 57.9 Å². The number of rotatable bonds is 3. The lowest BCUT2D eigenvalue weighted by molar-refractivity contribution is -0.145. The first-order valence-electron chi connectivity index (χ1n) is 8.53. The molecule has 2 aliphatic rings. The molecule has 5 heteroatoms. The molecule has 0 radical (unpaired) electrons. The number of nitrogens with zero attached hydrogens (tertiary/aromatic N) is 1. The van der Waals surface area contributed by atoms with Crippen molar-refractivity contribution in [3.63, 3.8) is 0 Å². The summed E-state index contributed by atoms with van der Waals surface area (Å²) in [6.07, 6.45) is 8.06. The minimum absolute atomic E-state index is 0.0242. The summed E-state index contributed by atoms with van der Waals surface area (Å²) >= 11 is 0. The SMILES string of the molecule is CCNC(=O)C1CNCCN1C(=O)C1CCCCCCC1. The van der Waals surface area contributed by atoms with E-state index in [2.05, 4.69) is 10.6 Å². The standard InChI is InChI=1S/C16H29N3O2/c1-2-18-15(20)14-12-17-10-11-19(14)16(21)13-8-6-4-3-5-7-9-13/h13-14,17H,2-12H2,1H3,(H,18,20). The van der Waals surface area contributed by atoms with Crippen LogP contribution in [-0.4, -0.2) is 48.9 Å². The van der Waals surface area contributed by atoms with Crippen LogP contribution in [0.25, 0.3) is 0 Å². The lowest BCUT2D eigenvalue weighted by atomic mass is 9.89. The zero-order valence-corrected chi connectivity index (χ0v) is 13.2. The van der Waals surface area contributed by atoms with Crippen LogP contribution in [0.5, 0.6) is 0 Å². The Bertz CT molecular complexity index is 351. The van der Waals surface area contributed by atoms with Crippen LogP contribution in [0.15, 0.2) is 0 Å². The van der Waals surface area contributed by atoms with E-state index in [0.717, 1.165) is 32.2 Å². The van der Waals surface area contributed by atoms with Gasteiger partial charge in [0.2, 0.25) is 11.8 Å². The van der Waals surface area contributed by atoms with Gasteiger partial charge in [0.25, 0.3) is 0 Å². The van der Waals surface area contributed by atoms with E-state index in [9.17, 15) is 9.59 Å². The fourth-order valence-corrected chi connectivity index (χ4v) is 3.43. The molecular formula is C16H29N3O2. The summed E-state index contributed by atoms with van der Waals surface area (Å²) in [7, 11) is 0. The van der Waals surface area contributed by atoms with Crippen LogP contribution >= 0.6 is 0 Å². The van der Waals surface area contributed by atoms with E-state index in [1.807, 2.05) is 11.8 Å². The second-order valence-corrected chi connectivity index (χ2v) is 6.19. The third kappa shape index (κ3) is 4.43. The van der Waals surface area contributed by atoms with Crippen molar-refractivity contribution in [3.05, 3.63) is 0 Å². The molecule has 0 bridgehead atoms. The van der Waals surface area contributed by atoms with Gasteiger partial charge in [-0.1, -0.05) is 32.1 Å². The number of hydrogen-bond donors (Lipinski definition) is 2. The molecule has 2 N–H and O–H groups in total. The van der Waals surface area contributed by atoms with E-state index in [0.29, 0.717) is 19.6 Å². The van der Waals surface area contributed by atoms with Crippen molar-refractivity contribution in [2.75, 3.05) is 26.2 Å². The lowest BCUT2D eigenvalue weighted by Gasteiger charge is -2.37. The summed E-state index contributed by atoms with van der Waals surface area (Å²) in [5.74, 6) is 0.305. The topological polar surface area (TPSA) is 61.4 Å². The summed E-state index contributed by atoms with van der Waals surface area (Å²) < 4.78 is 0. The molecule has 5 nitrogen and oxygen atoms in total. The van der Waals surface area contributed by atoms with Gasteiger partial charge in [-0.2, -0.15) is 0 Å². The van der Waals surface area contributed by atoms with Gasteiger partial charge in [-0.25, -0.2) is 0 Å². The summed E-state index contributed by atoms with van der Waals surface area (Å²) in [4.78, 5) is 26.9. The smallest absolute Gasteiger partial charge is 0.244 e. The van der Waals surface area contributed by atoms with Gasteiger partial charge in [-0.05, 0) is 19.8 Å². The third-order valence-electron chi connectivity index (χ3n) is 4.63. The Balaban J connectivity index is 2.01. The normalized spacial score (nSPS) is 25.0. The van der Waals surface area contributed by atoms with Crippen LogP contribution in [0.3, 0.4) is 0 Å². The maximum absolute atomic E-state index is 12.9. The predicted octanol–water partition coefficient (Wildman–Crippen LogP) is 1.28. The fourth-order valence-electron chi connectivity index (χ4n) is 3.43. The summed E-state index contributed by atoms with van der Waals surface area (Å²) in [6, 6.07) is -0.336. The molecule has 0 aromatic rings.